The zero-order valence-corrected chi connectivity index (χ0v) is 17.5. The molecule has 31 heavy (non-hydrogen) atoms. The number of alkyl halides is 3. The average Bonchev–Trinajstić information content (AvgIpc) is 2.70. The Kier molecular flexibility index (Phi) is 8.04. The summed E-state index contributed by atoms with van der Waals surface area (Å²) in [7, 11) is 0. The summed E-state index contributed by atoms with van der Waals surface area (Å²) in [5.41, 5.74) is 0.557. The van der Waals surface area contributed by atoms with Gasteiger partial charge in [-0.25, -0.2) is 0 Å². The molecule has 0 saturated heterocycles. The number of hydrogen-bond donors (Lipinski definition) is 3. The van der Waals surface area contributed by atoms with Gasteiger partial charge in [-0.1, -0.05) is 37.6 Å². The van der Waals surface area contributed by atoms with Crippen molar-refractivity contribution in [3.05, 3.63) is 64.7 Å². The maximum Gasteiger partial charge on any atom is 0.405 e. The van der Waals surface area contributed by atoms with Crippen LogP contribution in [0.25, 0.3) is 0 Å². The van der Waals surface area contributed by atoms with Crippen LogP contribution in [-0.2, 0) is 4.79 Å². The predicted molar refractivity (Wildman–Crippen MR) is 111 cm³/mol. The van der Waals surface area contributed by atoms with Gasteiger partial charge in [0.2, 0.25) is 5.91 Å². The van der Waals surface area contributed by atoms with Crippen molar-refractivity contribution < 1.29 is 27.6 Å². The van der Waals surface area contributed by atoms with E-state index in [-0.39, 0.29) is 22.1 Å². The fraction of sp³-hybridized carbons (Fsp3) is 0.286. The van der Waals surface area contributed by atoms with Gasteiger partial charge in [-0.05, 0) is 42.3 Å². The molecule has 0 spiro atoms. The minimum atomic E-state index is -4.51. The predicted octanol–water partition coefficient (Wildman–Crippen LogP) is 4.03. The second-order valence-electron chi connectivity index (χ2n) is 7.04. The Morgan fingerprint density at radius 2 is 1.58 bits per heavy atom. The van der Waals surface area contributed by atoms with Crippen molar-refractivity contribution >= 4 is 35.0 Å². The highest BCUT2D eigenvalue weighted by Crippen LogP contribution is 2.17. The van der Waals surface area contributed by atoms with Crippen LogP contribution < -0.4 is 16.0 Å². The molecule has 2 rings (SSSR count). The van der Waals surface area contributed by atoms with E-state index in [0.717, 1.165) is 0 Å². The highest BCUT2D eigenvalue weighted by atomic mass is 35.5. The molecule has 0 heterocycles. The van der Waals surface area contributed by atoms with Gasteiger partial charge in [0.25, 0.3) is 11.8 Å². The normalized spacial score (nSPS) is 12.2. The molecule has 0 aliphatic heterocycles. The summed E-state index contributed by atoms with van der Waals surface area (Å²) in [5, 5.41) is 7.28. The average molecular weight is 456 g/mol. The van der Waals surface area contributed by atoms with Gasteiger partial charge in [0, 0.05) is 11.3 Å². The van der Waals surface area contributed by atoms with Crippen LogP contribution in [0.15, 0.2) is 48.5 Å². The Hall–Kier alpha value is -3.07. The lowest BCUT2D eigenvalue weighted by molar-refractivity contribution is -0.123. The van der Waals surface area contributed by atoms with Gasteiger partial charge in [0.1, 0.15) is 12.6 Å². The van der Waals surface area contributed by atoms with Crippen molar-refractivity contribution in [3.8, 4) is 0 Å². The zero-order chi connectivity index (χ0) is 23.2. The van der Waals surface area contributed by atoms with E-state index in [0.29, 0.717) is 5.69 Å². The van der Waals surface area contributed by atoms with E-state index in [1.54, 1.807) is 37.4 Å². The molecule has 6 nitrogen and oxygen atoms in total. The van der Waals surface area contributed by atoms with Crippen LogP contribution in [0.4, 0.5) is 18.9 Å². The third-order valence-electron chi connectivity index (χ3n) is 4.22. The van der Waals surface area contributed by atoms with E-state index >= 15 is 0 Å². The Bertz CT molecular complexity index is 947. The monoisotopic (exact) mass is 455 g/mol. The van der Waals surface area contributed by atoms with Gasteiger partial charge in [-0.3, -0.25) is 14.4 Å². The van der Waals surface area contributed by atoms with Crippen molar-refractivity contribution in [3.63, 3.8) is 0 Å². The van der Waals surface area contributed by atoms with Crippen molar-refractivity contribution in [1.29, 1.82) is 0 Å². The highest BCUT2D eigenvalue weighted by Gasteiger charge is 2.28. The molecule has 0 aliphatic carbocycles. The van der Waals surface area contributed by atoms with Crippen LogP contribution in [0.3, 0.4) is 0 Å². The SMILES string of the molecule is CC(C)C(NC(=O)c1ccccc1Cl)C(=O)Nc1ccc(C(=O)NCC(F)(F)F)cc1. The molecule has 2 aromatic carbocycles. The maximum absolute atomic E-state index is 12.7. The lowest BCUT2D eigenvalue weighted by Crippen LogP contribution is -2.47. The summed E-state index contributed by atoms with van der Waals surface area (Å²) in [6, 6.07) is 10.9. The quantitative estimate of drug-likeness (QED) is 0.589. The standard InChI is InChI=1S/C21H21ClF3N3O3/c1-12(2)17(28-19(30)15-5-3-4-6-16(15)22)20(31)27-14-9-7-13(8-10-14)18(29)26-11-21(23,24)25/h3-10,12,17H,11H2,1-2H3,(H,26,29)(H,27,31)(H,28,30). The third-order valence-corrected chi connectivity index (χ3v) is 4.55. The Morgan fingerprint density at radius 3 is 2.13 bits per heavy atom. The highest BCUT2D eigenvalue weighted by molar-refractivity contribution is 6.33. The summed E-state index contributed by atoms with van der Waals surface area (Å²) < 4.78 is 36.6. The van der Waals surface area contributed by atoms with E-state index in [1.807, 2.05) is 0 Å². The minimum Gasteiger partial charge on any atom is -0.343 e. The van der Waals surface area contributed by atoms with Crippen LogP contribution in [0, 0.1) is 5.92 Å². The summed E-state index contributed by atoms with van der Waals surface area (Å²) in [6.07, 6.45) is -4.51. The molecule has 3 amide bonds. The lowest BCUT2D eigenvalue weighted by atomic mass is 10.0. The number of carbonyl (C=O) groups is 3. The first-order valence-corrected chi connectivity index (χ1v) is 9.67. The van der Waals surface area contributed by atoms with Gasteiger partial charge in [0.15, 0.2) is 0 Å². The van der Waals surface area contributed by atoms with Crippen LogP contribution in [0.5, 0.6) is 0 Å². The number of hydrogen-bond acceptors (Lipinski definition) is 3. The first kappa shape index (κ1) is 24.2. The molecule has 0 aromatic heterocycles. The fourth-order valence-electron chi connectivity index (χ4n) is 2.61. The van der Waals surface area contributed by atoms with Crippen molar-refractivity contribution in [1.82, 2.24) is 10.6 Å². The second-order valence-corrected chi connectivity index (χ2v) is 7.45. The molecule has 0 bridgehead atoms. The molecule has 2 aromatic rings. The number of benzene rings is 2. The molecule has 1 atom stereocenters. The molecule has 0 saturated carbocycles. The number of halogens is 4. The second kappa shape index (κ2) is 10.3. The fourth-order valence-corrected chi connectivity index (χ4v) is 2.83. The van der Waals surface area contributed by atoms with Gasteiger partial charge < -0.3 is 16.0 Å². The summed E-state index contributed by atoms with van der Waals surface area (Å²) >= 11 is 6.02. The molecule has 1 unspecified atom stereocenters. The van der Waals surface area contributed by atoms with E-state index < -0.39 is 36.5 Å². The van der Waals surface area contributed by atoms with Crippen molar-refractivity contribution in [2.45, 2.75) is 26.1 Å². The van der Waals surface area contributed by atoms with Crippen LogP contribution >= 0.6 is 11.6 Å². The first-order valence-electron chi connectivity index (χ1n) is 9.29. The topological polar surface area (TPSA) is 87.3 Å². The first-order chi connectivity index (χ1) is 14.5. The number of rotatable bonds is 7. The maximum atomic E-state index is 12.7. The smallest absolute Gasteiger partial charge is 0.343 e. The number of anilines is 1. The van der Waals surface area contributed by atoms with Crippen LogP contribution in [0.2, 0.25) is 5.02 Å². The van der Waals surface area contributed by atoms with Crippen molar-refractivity contribution in [2.75, 3.05) is 11.9 Å². The molecule has 0 fully saturated rings. The van der Waals surface area contributed by atoms with Gasteiger partial charge >= 0.3 is 6.18 Å². The van der Waals surface area contributed by atoms with Gasteiger partial charge in [-0.15, -0.1) is 0 Å². The zero-order valence-electron chi connectivity index (χ0n) is 16.7. The Labute approximate surface area is 182 Å². The number of carbonyl (C=O) groups excluding carboxylic acids is 3. The number of nitrogens with one attached hydrogen (secondary N) is 3. The lowest BCUT2D eigenvalue weighted by Gasteiger charge is -2.22. The van der Waals surface area contributed by atoms with Crippen molar-refractivity contribution in [2.24, 2.45) is 5.92 Å². The minimum absolute atomic E-state index is 0.00896. The molecule has 166 valence electrons. The molecule has 0 aliphatic rings. The summed E-state index contributed by atoms with van der Waals surface area (Å²) in [6.45, 7) is 2.07. The summed E-state index contributed by atoms with van der Waals surface area (Å²) in [4.78, 5) is 36.9. The number of amides is 3. The Morgan fingerprint density at radius 1 is 0.968 bits per heavy atom. The van der Waals surface area contributed by atoms with E-state index in [1.165, 1.54) is 30.3 Å². The summed E-state index contributed by atoms with van der Waals surface area (Å²) in [5.74, 6) is -2.14. The molecule has 0 radical (unpaired) electrons. The van der Waals surface area contributed by atoms with E-state index in [2.05, 4.69) is 10.6 Å². The molecular weight excluding hydrogens is 435 g/mol. The molecule has 3 N–H and O–H groups in total. The van der Waals surface area contributed by atoms with Crippen LogP contribution in [0.1, 0.15) is 34.6 Å². The van der Waals surface area contributed by atoms with E-state index in [9.17, 15) is 27.6 Å². The Balaban J connectivity index is 2.03. The van der Waals surface area contributed by atoms with Gasteiger partial charge in [0.05, 0.1) is 10.6 Å². The largest absolute Gasteiger partial charge is 0.405 e. The van der Waals surface area contributed by atoms with Gasteiger partial charge in [-0.2, -0.15) is 13.2 Å². The molecular formula is C21H21ClF3N3O3. The third kappa shape index (κ3) is 7.29. The van der Waals surface area contributed by atoms with E-state index in [4.69, 9.17) is 11.6 Å². The van der Waals surface area contributed by atoms with Crippen LogP contribution in [-0.4, -0.2) is 36.5 Å². The molecule has 10 heteroatoms.